The van der Waals surface area contributed by atoms with Gasteiger partial charge in [0.15, 0.2) is 16.7 Å². The van der Waals surface area contributed by atoms with Crippen LogP contribution in [0.4, 0.5) is 0 Å². The highest BCUT2D eigenvalue weighted by molar-refractivity contribution is 7.99. The Balaban J connectivity index is 1.63. The average molecular weight is 348 g/mol. The Bertz CT molecular complexity index is 662. The monoisotopic (exact) mass is 348 g/mol. The normalized spacial score (nSPS) is 15.6. The molecule has 1 aliphatic carbocycles. The van der Waals surface area contributed by atoms with E-state index >= 15 is 0 Å². The third-order valence-corrected chi connectivity index (χ3v) is 5.57. The van der Waals surface area contributed by atoms with Crippen LogP contribution in [-0.2, 0) is 11.3 Å². The van der Waals surface area contributed by atoms with Gasteiger partial charge in [0.25, 0.3) is 0 Å². The van der Waals surface area contributed by atoms with Gasteiger partial charge in [0.05, 0.1) is 12.0 Å². The lowest BCUT2D eigenvalue weighted by molar-refractivity contribution is -0.129. The summed E-state index contributed by atoms with van der Waals surface area (Å²) >= 11 is 1.45. The Morgan fingerprint density at radius 2 is 2.17 bits per heavy atom. The van der Waals surface area contributed by atoms with Crippen molar-refractivity contribution in [2.24, 2.45) is 0 Å². The van der Waals surface area contributed by atoms with Crippen LogP contribution in [0.15, 0.2) is 28.0 Å². The molecule has 0 saturated heterocycles. The number of carbonyl (C=O) groups excluding carboxylic acids is 1. The summed E-state index contributed by atoms with van der Waals surface area (Å²) in [6.07, 6.45) is 7.63. The van der Waals surface area contributed by atoms with Crippen molar-refractivity contribution in [1.29, 1.82) is 0 Å². The van der Waals surface area contributed by atoms with Gasteiger partial charge in [-0.3, -0.25) is 9.36 Å². The highest BCUT2D eigenvalue weighted by atomic mass is 32.2. The zero-order valence-electron chi connectivity index (χ0n) is 14.3. The van der Waals surface area contributed by atoms with Crippen molar-refractivity contribution in [2.45, 2.75) is 56.8 Å². The summed E-state index contributed by atoms with van der Waals surface area (Å²) in [5.74, 6) is 1.96. The number of rotatable bonds is 6. The first-order chi connectivity index (χ1) is 11.7. The third kappa shape index (κ3) is 3.66. The lowest BCUT2D eigenvalue weighted by atomic mass is 9.94. The summed E-state index contributed by atoms with van der Waals surface area (Å²) < 4.78 is 7.39. The van der Waals surface area contributed by atoms with Crippen LogP contribution in [-0.4, -0.2) is 44.4 Å². The minimum atomic E-state index is 0.164. The Morgan fingerprint density at radius 3 is 2.83 bits per heavy atom. The van der Waals surface area contributed by atoms with Crippen LogP contribution in [0, 0.1) is 0 Å². The van der Waals surface area contributed by atoms with E-state index in [2.05, 4.69) is 10.2 Å². The second-order valence-electron chi connectivity index (χ2n) is 6.11. The number of furan rings is 1. The summed E-state index contributed by atoms with van der Waals surface area (Å²) in [6.45, 7) is 2.77. The van der Waals surface area contributed by atoms with Gasteiger partial charge in [-0.25, -0.2) is 0 Å². The van der Waals surface area contributed by atoms with E-state index in [1.165, 1.54) is 31.0 Å². The van der Waals surface area contributed by atoms with Crippen LogP contribution >= 0.6 is 11.8 Å². The van der Waals surface area contributed by atoms with Gasteiger partial charge in [0.2, 0.25) is 5.91 Å². The number of amides is 1. The molecule has 0 atom stereocenters. The molecule has 24 heavy (non-hydrogen) atoms. The van der Waals surface area contributed by atoms with Gasteiger partial charge >= 0.3 is 0 Å². The molecule has 0 aliphatic heterocycles. The third-order valence-electron chi connectivity index (χ3n) is 4.62. The number of carbonyl (C=O) groups is 1. The summed E-state index contributed by atoms with van der Waals surface area (Å²) in [4.78, 5) is 14.4. The van der Waals surface area contributed by atoms with Crippen LogP contribution in [0.1, 0.15) is 39.0 Å². The number of hydrogen-bond donors (Lipinski definition) is 0. The van der Waals surface area contributed by atoms with Crippen molar-refractivity contribution in [3.8, 4) is 11.6 Å². The fourth-order valence-corrected chi connectivity index (χ4v) is 4.09. The number of aromatic nitrogens is 3. The molecule has 0 unspecified atom stereocenters. The van der Waals surface area contributed by atoms with Crippen molar-refractivity contribution < 1.29 is 9.21 Å². The van der Waals surface area contributed by atoms with Crippen LogP contribution in [0.5, 0.6) is 0 Å². The van der Waals surface area contributed by atoms with Crippen molar-refractivity contribution in [2.75, 3.05) is 12.8 Å². The lowest BCUT2D eigenvalue weighted by Gasteiger charge is -2.31. The Morgan fingerprint density at radius 1 is 1.38 bits per heavy atom. The molecule has 0 bridgehead atoms. The predicted octanol–water partition coefficient (Wildman–Crippen LogP) is 3.44. The topological polar surface area (TPSA) is 64.2 Å². The van der Waals surface area contributed by atoms with Crippen molar-refractivity contribution in [1.82, 2.24) is 19.7 Å². The van der Waals surface area contributed by atoms with Gasteiger partial charge < -0.3 is 9.32 Å². The number of nitrogens with zero attached hydrogens (tertiary/aromatic N) is 4. The molecule has 2 heterocycles. The molecule has 2 aromatic heterocycles. The zero-order chi connectivity index (χ0) is 16.9. The molecule has 3 rings (SSSR count). The predicted molar refractivity (Wildman–Crippen MR) is 93.8 cm³/mol. The molecule has 0 radical (unpaired) electrons. The number of thioether (sulfide) groups is 1. The first kappa shape index (κ1) is 17.1. The van der Waals surface area contributed by atoms with Crippen molar-refractivity contribution >= 4 is 17.7 Å². The molecule has 0 aromatic carbocycles. The quantitative estimate of drug-likeness (QED) is 0.748. The van der Waals surface area contributed by atoms with E-state index in [4.69, 9.17) is 4.42 Å². The first-order valence-electron chi connectivity index (χ1n) is 8.56. The molecule has 0 N–H and O–H groups in total. The fourth-order valence-electron chi connectivity index (χ4n) is 3.17. The van der Waals surface area contributed by atoms with E-state index in [9.17, 15) is 4.79 Å². The van der Waals surface area contributed by atoms with E-state index in [1.54, 1.807) is 6.26 Å². The van der Waals surface area contributed by atoms with Gasteiger partial charge in [0.1, 0.15) is 0 Å². The minimum Gasteiger partial charge on any atom is -0.461 e. The molecule has 1 saturated carbocycles. The van der Waals surface area contributed by atoms with E-state index < -0.39 is 0 Å². The molecule has 130 valence electrons. The fraction of sp³-hybridized carbons (Fsp3) is 0.588. The van der Waals surface area contributed by atoms with E-state index in [-0.39, 0.29) is 5.91 Å². The summed E-state index contributed by atoms with van der Waals surface area (Å²) in [5.41, 5.74) is 0. The van der Waals surface area contributed by atoms with Gasteiger partial charge in [-0.05, 0) is 31.9 Å². The smallest absolute Gasteiger partial charge is 0.233 e. The molecule has 2 aromatic rings. The summed E-state index contributed by atoms with van der Waals surface area (Å²) in [5, 5.41) is 9.21. The molecule has 1 amide bonds. The van der Waals surface area contributed by atoms with E-state index in [0.717, 1.165) is 24.5 Å². The first-order valence-corrected chi connectivity index (χ1v) is 9.54. The summed E-state index contributed by atoms with van der Waals surface area (Å²) in [6, 6.07) is 4.10. The van der Waals surface area contributed by atoms with Crippen LogP contribution < -0.4 is 0 Å². The number of hydrogen-bond acceptors (Lipinski definition) is 5. The molecular formula is C17H24N4O2S. The van der Waals surface area contributed by atoms with Crippen LogP contribution in [0.25, 0.3) is 11.6 Å². The second-order valence-corrected chi connectivity index (χ2v) is 7.06. The van der Waals surface area contributed by atoms with Gasteiger partial charge in [-0.2, -0.15) is 0 Å². The standard InChI is InChI=1S/C17H24N4O2S/c1-3-21-16(14-10-7-11-23-14)18-19-17(21)24-12-15(22)20(2)13-8-5-4-6-9-13/h7,10-11,13H,3-6,8-9,12H2,1-2H3. The maximum atomic E-state index is 12.5. The Hall–Kier alpha value is -1.76. The maximum Gasteiger partial charge on any atom is 0.233 e. The van der Waals surface area contributed by atoms with Gasteiger partial charge in [0, 0.05) is 19.6 Å². The van der Waals surface area contributed by atoms with Crippen molar-refractivity contribution in [3.05, 3.63) is 18.4 Å². The van der Waals surface area contributed by atoms with Crippen LogP contribution in [0.3, 0.4) is 0 Å². The maximum absolute atomic E-state index is 12.5. The molecule has 0 spiro atoms. The molecule has 1 fully saturated rings. The highest BCUT2D eigenvalue weighted by Crippen LogP contribution is 2.26. The van der Waals surface area contributed by atoms with Crippen LogP contribution in [0.2, 0.25) is 0 Å². The molecule has 6 nitrogen and oxygen atoms in total. The SMILES string of the molecule is CCn1c(SCC(=O)N(C)C2CCCCC2)nnc1-c1ccco1. The minimum absolute atomic E-state index is 0.164. The average Bonchev–Trinajstić information content (AvgIpc) is 3.28. The Kier molecular flexibility index (Phi) is 5.60. The van der Waals surface area contributed by atoms with Crippen molar-refractivity contribution in [3.63, 3.8) is 0 Å². The Labute approximate surface area is 146 Å². The molecule has 1 aliphatic rings. The second kappa shape index (κ2) is 7.88. The van der Waals surface area contributed by atoms with Gasteiger partial charge in [-0.1, -0.05) is 31.0 Å². The largest absolute Gasteiger partial charge is 0.461 e. The molecule has 7 heteroatoms. The van der Waals surface area contributed by atoms with E-state index in [1.807, 2.05) is 35.6 Å². The lowest BCUT2D eigenvalue weighted by Crippen LogP contribution is -2.39. The summed E-state index contributed by atoms with van der Waals surface area (Å²) in [7, 11) is 1.93. The molecular weight excluding hydrogens is 324 g/mol. The van der Waals surface area contributed by atoms with E-state index in [0.29, 0.717) is 23.4 Å². The highest BCUT2D eigenvalue weighted by Gasteiger charge is 2.23. The zero-order valence-corrected chi connectivity index (χ0v) is 15.1. The van der Waals surface area contributed by atoms with Gasteiger partial charge in [-0.15, -0.1) is 10.2 Å².